The molecule has 0 spiro atoms. The predicted octanol–water partition coefficient (Wildman–Crippen LogP) is 5.54. The standard InChI is InChI=1S/C26H25ClN4O2/c1-18-21(15-32-13-19-8-4-2-5-9-19)12-22(24(18)33-14-20-10-6-3-7-11-20)31-17-30-23-25(27)28-16-29-26(23)31/h2-11,16-17,22,24H,12-15H2,1H3/t22-,24+/m0/s1. The first-order valence-corrected chi connectivity index (χ1v) is 11.4. The van der Waals surface area contributed by atoms with Gasteiger partial charge in [0.2, 0.25) is 0 Å². The summed E-state index contributed by atoms with van der Waals surface area (Å²) in [5.74, 6) is 0. The lowest BCUT2D eigenvalue weighted by atomic mass is 10.1. The zero-order valence-electron chi connectivity index (χ0n) is 18.4. The molecule has 0 fully saturated rings. The normalized spacial score (nSPS) is 18.4. The van der Waals surface area contributed by atoms with Gasteiger partial charge in [-0.3, -0.25) is 0 Å². The number of hydrogen-bond donors (Lipinski definition) is 0. The van der Waals surface area contributed by atoms with Gasteiger partial charge in [-0.2, -0.15) is 0 Å². The molecule has 6 nitrogen and oxygen atoms in total. The number of ether oxygens (including phenoxy) is 2. The van der Waals surface area contributed by atoms with Crippen molar-refractivity contribution in [1.82, 2.24) is 19.5 Å². The second-order valence-corrected chi connectivity index (χ2v) is 8.60. The molecule has 0 amide bonds. The highest BCUT2D eigenvalue weighted by Gasteiger charge is 2.35. The maximum absolute atomic E-state index is 6.47. The quantitative estimate of drug-likeness (QED) is 0.255. The summed E-state index contributed by atoms with van der Waals surface area (Å²) in [6, 6.07) is 20.4. The molecular weight excluding hydrogens is 436 g/mol. The van der Waals surface area contributed by atoms with E-state index in [4.69, 9.17) is 21.1 Å². The van der Waals surface area contributed by atoms with Crippen LogP contribution >= 0.6 is 11.6 Å². The van der Waals surface area contributed by atoms with Crippen molar-refractivity contribution in [2.24, 2.45) is 0 Å². The molecular formula is C26H25ClN4O2. The zero-order chi connectivity index (χ0) is 22.6. The molecule has 1 aliphatic carbocycles. The van der Waals surface area contributed by atoms with Gasteiger partial charge in [-0.1, -0.05) is 72.3 Å². The Morgan fingerprint density at radius 3 is 2.33 bits per heavy atom. The summed E-state index contributed by atoms with van der Waals surface area (Å²) in [7, 11) is 0. The van der Waals surface area contributed by atoms with Gasteiger partial charge in [0, 0.05) is 0 Å². The molecule has 7 heteroatoms. The Balaban J connectivity index is 1.38. The van der Waals surface area contributed by atoms with Gasteiger partial charge in [0.15, 0.2) is 10.8 Å². The second-order valence-electron chi connectivity index (χ2n) is 8.24. The van der Waals surface area contributed by atoms with Crippen molar-refractivity contribution in [2.45, 2.75) is 38.7 Å². The van der Waals surface area contributed by atoms with E-state index in [2.05, 4.69) is 50.7 Å². The smallest absolute Gasteiger partial charge is 0.165 e. The summed E-state index contributed by atoms with van der Waals surface area (Å²) < 4.78 is 14.6. The minimum absolute atomic E-state index is 0.0139. The SMILES string of the molecule is CC1=C(COCc2ccccc2)C[C@H](n2cnc3c(Cl)ncnc32)[C@@H]1OCc1ccccc1. The van der Waals surface area contributed by atoms with E-state index in [0.29, 0.717) is 36.1 Å². The Bertz CT molecular complexity index is 1260. The monoisotopic (exact) mass is 460 g/mol. The summed E-state index contributed by atoms with van der Waals surface area (Å²) in [4.78, 5) is 13.0. The summed E-state index contributed by atoms with van der Waals surface area (Å²) in [6.07, 6.45) is 3.94. The molecule has 5 rings (SSSR count). The van der Waals surface area contributed by atoms with Crippen molar-refractivity contribution in [3.8, 4) is 0 Å². The first-order chi connectivity index (χ1) is 16.2. The highest BCUT2D eigenvalue weighted by molar-refractivity contribution is 6.33. The van der Waals surface area contributed by atoms with Gasteiger partial charge < -0.3 is 14.0 Å². The fourth-order valence-corrected chi connectivity index (χ4v) is 4.53. The van der Waals surface area contributed by atoms with Gasteiger partial charge in [0.05, 0.1) is 32.2 Å². The number of benzene rings is 2. The minimum Gasteiger partial charge on any atom is -0.372 e. The van der Waals surface area contributed by atoms with Crippen LogP contribution in [0.5, 0.6) is 0 Å². The summed E-state index contributed by atoms with van der Waals surface area (Å²) >= 11 is 6.25. The van der Waals surface area contributed by atoms with Crippen LogP contribution in [0.25, 0.3) is 11.2 Å². The van der Waals surface area contributed by atoms with Crippen LogP contribution in [0.1, 0.15) is 30.5 Å². The van der Waals surface area contributed by atoms with Gasteiger partial charge in [0.1, 0.15) is 17.9 Å². The Kier molecular flexibility index (Phi) is 6.48. The number of halogens is 1. The molecule has 0 saturated carbocycles. The number of rotatable bonds is 8. The average molecular weight is 461 g/mol. The van der Waals surface area contributed by atoms with Gasteiger partial charge in [-0.05, 0) is 35.6 Å². The van der Waals surface area contributed by atoms with Crippen molar-refractivity contribution >= 4 is 22.8 Å². The molecule has 0 unspecified atom stereocenters. The second kappa shape index (κ2) is 9.83. The summed E-state index contributed by atoms with van der Waals surface area (Å²) in [5.41, 5.74) is 6.06. The van der Waals surface area contributed by atoms with E-state index in [1.807, 2.05) is 36.4 Å². The van der Waals surface area contributed by atoms with E-state index < -0.39 is 0 Å². The highest BCUT2D eigenvalue weighted by atomic mass is 35.5. The molecule has 2 atom stereocenters. The van der Waals surface area contributed by atoms with Crippen LogP contribution in [0.3, 0.4) is 0 Å². The first-order valence-electron chi connectivity index (χ1n) is 11.0. The van der Waals surface area contributed by atoms with Gasteiger partial charge in [-0.25, -0.2) is 15.0 Å². The predicted molar refractivity (Wildman–Crippen MR) is 128 cm³/mol. The van der Waals surface area contributed by atoms with E-state index in [9.17, 15) is 0 Å². The topological polar surface area (TPSA) is 62.1 Å². The Hall–Kier alpha value is -3.06. The van der Waals surface area contributed by atoms with Gasteiger partial charge in [0.25, 0.3) is 0 Å². The molecule has 0 saturated heterocycles. The van der Waals surface area contributed by atoms with Crippen LogP contribution in [0.15, 0.2) is 84.5 Å². The molecule has 0 bridgehead atoms. The maximum Gasteiger partial charge on any atom is 0.165 e. The molecule has 2 heterocycles. The maximum atomic E-state index is 6.47. The van der Waals surface area contributed by atoms with Crippen LogP contribution in [-0.4, -0.2) is 32.2 Å². The molecule has 168 valence electrons. The number of imidazole rings is 1. The van der Waals surface area contributed by atoms with Crippen LogP contribution in [0.4, 0.5) is 0 Å². The fraction of sp³-hybridized carbons (Fsp3) is 0.269. The fourth-order valence-electron chi connectivity index (χ4n) is 4.36. The molecule has 2 aromatic heterocycles. The molecule has 2 aromatic carbocycles. The third-order valence-corrected chi connectivity index (χ3v) is 6.40. The number of aromatic nitrogens is 4. The molecule has 1 aliphatic rings. The first kappa shape index (κ1) is 21.8. The van der Waals surface area contributed by atoms with Crippen molar-refractivity contribution < 1.29 is 9.47 Å². The van der Waals surface area contributed by atoms with Crippen molar-refractivity contribution in [3.63, 3.8) is 0 Å². The lowest BCUT2D eigenvalue weighted by Gasteiger charge is -2.23. The van der Waals surface area contributed by atoms with E-state index in [1.54, 1.807) is 6.33 Å². The highest BCUT2D eigenvalue weighted by Crippen LogP contribution is 2.39. The van der Waals surface area contributed by atoms with Crippen molar-refractivity contribution in [2.75, 3.05) is 6.61 Å². The van der Waals surface area contributed by atoms with E-state index >= 15 is 0 Å². The lowest BCUT2D eigenvalue weighted by molar-refractivity contribution is 0.0377. The van der Waals surface area contributed by atoms with E-state index in [1.165, 1.54) is 17.5 Å². The third kappa shape index (κ3) is 4.69. The Morgan fingerprint density at radius 2 is 1.61 bits per heavy atom. The largest absolute Gasteiger partial charge is 0.372 e. The summed E-state index contributed by atoms with van der Waals surface area (Å²) in [5, 5.41) is 0.356. The number of hydrogen-bond acceptors (Lipinski definition) is 5. The average Bonchev–Trinajstić information content (AvgIpc) is 3.41. The van der Waals surface area contributed by atoms with Gasteiger partial charge in [-0.15, -0.1) is 0 Å². The van der Waals surface area contributed by atoms with Crippen LogP contribution in [0, 0.1) is 0 Å². The minimum atomic E-state index is -0.119. The number of nitrogens with zero attached hydrogens (tertiary/aromatic N) is 4. The van der Waals surface area contributed by atoms with Crippen LogP contribution < -0.4 is 0 Å². The van der Waals surface area contributed by atoms with Gasteiger partial charge >= 0.3 is 0 Å². The third-order valence-electron chi connectivity index (χ3n) is 6.12. The van der Waals surface area contributed by atoms with E-state index in [0.717, 1.165) is 17.5 Å². The molecule has 0 N–H and O–H groups in total. The van der Waals surface area contributed by atoms with Crippen LogP contribution in [0.2, 0.25) is 5.15 Å². The molecule has 0 radical (unpaired) electrons. The number of fused-ring (bicyclic) bond motifs is 1. The van der Waals surface area contributed by atoms with E-state index in [-0.39, 0.29) is 12.1 Å². The summed E-state index contributed by atoms with van der Waals surface area (Å²) in [6.45, 7) is 3.80. The zero-order valence-corrected chi connectivity index (χ0v) is 19.2. The molecule has 0 aliphatic heterocycles. The Morgan fingerprint density at radius 1 is 0.909 bits per heavy atom. The van der Waals surface area contributed by atoms with Crippen LogP contribution in [-0.2, 0) is 22.7 Å². The Labute approximate surface area is 197 Å². The van der Waals surface area contributed by atoms with Crippen molar-refractivity contribution in [1.29, 1.82) is 0 Å². The lowest BCUT2D eigenvalue weighted by Crippen LogP contribution is -2.24. The molecule has 4 aromatic rings. The van der Waals surface area contributed by atoms with Crippen molar-refractivity contribution in [3.05, 3.63) is 101 Å². The molecule has 33 heavy (non-hydrogen) atoms.